The van der Waals surface area contributed by atoms with Gasteiger partial charge in [-0.15, -0.1) is 0 Å². The van der Waals surface area contributed by atoms with Gasteiger partial charge in [-0.05, 0) is 37.5 Å². The smallest absolute Gasteiger partial charge is 0.338 e. The lowest BCUT2D eigenvalue weighted by Crippen LogP contribution is -2.25. The molecule has 1 atom stereocenters. The average molecular weight is 294 g/mol. The maximum Gasteiger partial charge on any atom is 0.338 e. The van der Waals surface area contributed by atoms with E-state index in [1.807, 2.05) is 0 Å². The van der Waals surface area contributed by atoms with Gasteiger partial charge in [0.1, 0.15) is 19.0 Å². The van der Waals surface area contributed by atoms with E-state index in [-0.39, 0.29) is 12.1 Å². The van der Waals surface area contributed by atoms with Crippen LogP contribution in [0.4, 0.5) is 0 Å². The van der Waals surface area contributed by atoms with Crippen LogP contribution in [0.15, 0.2) is 24.3 Å². The van der Waals surface area contributed by atoms with E-state index in [1.54, 1.807) is 31.4 Å². The second kappa shape index (κ2) is 8.64. The highest BCUT2D eigenvalue weighted by atomic mass is 16.6. The number of carbonyl (C=O) groups excluding carboxylic acids is 1. The van der Waals surface area contributed by atoms with E-state index in [9.17, 15) is 4.79 Å². The summed E-state index contributed by atoms with van der Waals surface area (Å²) in [5.74, 6) is 0.289. The zero-order valence-corrected chi connectivity index (χ0v) is 12.4. The van der Waals surface area contributed by atoms with E-state index < -0.39 is 0 Å². The van der Waals surface area contributed by atoms with Crippen LogP contribution in [0.3, 0.4) is 0 Å². The number of carbonyl (C=O) groups is 1. The molecular weight excluding hydrogens is 272 g/mol. The van der Waals surface area contributed by atoms with Crippen LogP contribution in [0.2, 0.25) is 0 Å². The van der Waals surface area contributed by atoms with Crippen molar-refractivity contribution in [2.24, 2.45) is 0 Å². The molecule has 1 aromatic rings. The Kier molecular flexibility index (Phi) is 6.50. The summed E-state index contributed by atoms with van der Waals surface area (Å²) in [6.45, 7) is 2.03. The number of methoxy groups -OCH3 is 1. The first-order valence-electron chi connectivity index (χ1n) is 7.30. The third-order valence-electron chi connectivity index (χ3n) is 3.30. The van der Waals surface area contributed by atoms with Gasteiger partial charge in [-0.25, -0.2) is 4.79 Å². The normalized spacial score (nSPS) is 18.2. The van der Waals surface area contributed by atoms with Crippen molar-refractivity contribution in [3.05, 3.63) is 29.8 Å². The molecule has 5 heteroatoms. The number of hydrogen-bond donors (Lipinski definition) is 0. The summed E-state index contributed by atoms with van der Waals surface area (Å²) in [6, 6.07) is 6.97. The Hall–Kier alpha value is -1.59. The van der Waals surface area contributed by atoms with Crippen molar-refractivity contribution in [3.8, 4) is 5.75 Å². The molecule has 116 valence electrons. The fourth-order valence-corrected chi connectivity index (χ4v) is 2.15. The summed E-state index contributed by atoms with van der Waals surface area (Å²) in [5.41, 5.74) is 0.487. The molecule has 0 bridgehead atoms. The van der Waals surface area contributed by atoms with Gasteiger partial charge < -0.3 is 18.9 Å². The van der Waals surface area contributed by atoms with Crippen LogP contribution >= 0.6 is 0 Å². The van der Waals surface area contributed by atoms with Crippen molar-refractivity contribution < 1.29 is 23.7 Å². The molecule has 0 N–H and O–H groups in total. The van der Waals surface area contributed by atoms with E-state index in [2.05, 4.69) is 0 Å². The first kappa shape index (κ1) is 15.8. The Morgan fingerprint density at radius 1 is 1.33 bits per heavy atom. The monoisotopic (exact) mass is 294 g/mol. The van der Waals surface area contributed by atoms with Gasteiger partial charge in [0, 0.05) is 13.7 Å². The Labute approximate surface area is 125 Å². The fourth-order valence-electron chi connectivity index (χ4n) is 2.15. The van der Waals surface area contributed by atoms with Crippen LogP contribution in [0.5, 0.6) is 5.75 Å². The Balaban J connectivity index is 1.82. The fraction of sp³-hybridized carbons (Fsp3) is 0.562. The van der Waals surface area contributed by atoms with Gasteiger partial charge in [0.05, 0.1) is 18.3 Å². The quantitative estimate of drug-likeness (QED) is 0.571. The Bertz CT molecular complexity index is 440. The van der Waals surface area contributed by atoms with Crippen LogP contribution in [0.1, 0.15) is 29.6 Å². The van der Waals surface area contributed by atoms with Crippen LogP contribution in [-0.4, -0.2) is 45.6 Å². The minimum atomic E-state index is -0.346. The molecule has 0 amide bonds. The summed E-state index contributed by atoms with van der Waals surface area (Å²) in [5, 5.41) is 0. The molecule has 1 aromatic carbocycles. The highest BCUT2D eigenvalue weighted by Crippen LogP contribution is 2.16. The highest BCUT2D eigenvalue weighted by Gasteiger charge is 2.17. The van der Waals surface area contributed by atoms with Gasteiger partial charge in [-0.3, -0.25) is 0 Å². The van der Waals surface area contributed by atoms with Gasteiger partial charge in [0.15, 0.2) is 0 Å². The second-order valence-electron chi connectivity index (χ2n) is 4.96. The van der Waals surface area contributed by atoms with Crippen LogP contribution in [0, 0.1) is 0 Å². The van der Waals surface area contributed by atoms with Crippen molar-refractivity contribution in [1.29, 1.82) is 0 Å². The van der Waals surface area contributed by atoms with Crippen molar-refractivity contribution in [1.82, 2.24) is 0 Å². The SMILES string of the molecule is COCCOc1cccc(C(=O)OCC2CCCCO2)c1. The summed E-state index contributed by atoms with van der Waals surface area (Å²) in [4.78, 5) is 12.0. The Morgan fingerprint density at radius 2 is 2.24 bits per heavy atom. The Morgan fingerprint density at radius 3 is 3.00 bits per heavy atom. The van der Waals surface area contributed by atoms with E-state index >= 15 is 0 Å². The van der Waals surface area contributed by atoms with Gasteiger partial charge >= 0.3 is 5.97 Å². The molecule has 0 saturated carbocycles. The minimum Gasteiger partial charge on any atom is -0.491 e. The van der Waals surface area contributed by atoms with Gasteiger partial charge in [0.2, 0.25) is 0 Å². The van der Waals surface area contributed by atoms with Gasteiger partial charge in [-0.1, -0.05) is 6.07 Å². The van der Waals surface area contributed by atoms with Crippen LogP contribution < -0.4 is 4.74 Å². The lowest BCUT2D eigenvalue weighted by atomic mass is 10.1. The lowest BCUT2D eigenvalue weighted by Gasteiger charge is -2.22. The third-order valence-corrected chi connectivity index (χ3v) is 3.30. The maximum absolute atomic E-state index is 12.0. The predicted molar refractivity (Wildman–Crippen MR) is 77.7 cm³/mol. The van der Waals surface area contributed by atoms with Crippen molar-refractivity contribution in [2.75, 3.05) is 33.5 Å². The molecule has 0 radical (unpaired) electrons. The standard InChI is InChI=1S/C16H22O5/c1-18-9-10-20-14-7-4-5-13(11-14)16(17)21-12-15-6-2-3-8-19-15/h4-5,7,11,15H,2-3,6,8-10,12H2,1H3. The number of ether oxygens (including phenoxy) is 4. The lowest BCUT2D eigenvalue weighted by molar-refractivity contribution is -0.0300. The van der Waals surface area contributed by atoms with Gasteiger partial charge in [0.25, 0.3) is 0 Å². The van der Waals surface area contributed by atoms with E-state index in [0.29, 0.717) is 31.1 Å². The average Bonchev–Trinajstić information content (AvgIpc) is 2.54. The number of hydrogen-bond acceptors (Lipinski definition) is 5. The van der Waals surface area contributed by atoms with E-state index in [0.717, 1.165) is 25.9 Å². The van der Waals surface area contributed by atoms with Crippen LogP contribution in [0.25, 0.3) is 0 Å². The second-order valence-corrected chi connectivity index (χ2v) is 4.96. The molecule has 1 fully saturated rings. The minimum absolute atomic E-state index is 0.0313. The zero-order valence-electron chi connectivity index (χ0n) is 12.4. The summed E-state index contributed by atoms with van der Waals surface area (Å²) >= 11 is 0. The highest BCUT2D eigenvalue weighted by molar-refractivity contribution is 5.89. The molecule has 0 aromatic heterocycles. The molecule has 2 rings (SSSR count). The molecule has 5 nitrogen and oxygen atoms in total. The molecule has 0 aliphatic carbocycles. The molecule has 1 heterocycles. The zero-order chi connectivity index (χ0) is 14.9. The number of rotatable bonds is 7. The predicted octanol–water partition coefficient (Wildman–Crippen LogP) is 2.44. The molecular formula is C16H22O5. The van der Waals surface area contributed by atoms with Crippen molar-refractivity contribution in [3.63, 3.8) is 0 Å². The molecule has 1 aliphatic rings. The first-order valence-corrected chi connectivity index (χ1v) is 7.30. The third kappa shape index (κ3) is 5.36. The summed E-state index contributed by atoms with van der Waals surface area (Å²) < 4.78 is 21.2. The molecule has 21 heavy (non-hydrogen) atoms. The van der Waals surface area contributed by atoms with E-state index in [4.69, 9.17) is 18.9 Å². The number of esters is 1. The molecule has 1 saturated heterocycles. The molecule has 1 aliphatic heterocycles. The van der Waals surface area contributed by atoms with Crippen molar-refractivity contribution in [2.45, 2.75) is 25.4 Å². The molecule has 1 unspecified atom stereocenters. The summed E-state index contributed by atoms with van der Waals surface area (Å²) in [6.07, 6.45) is 3.20. The maximum atomic E-state index is 12.0. The molecule has 0 spiro atoms. The first-order chi connectivity index (χ1) is 10.3. The summed E-state index contributed by atoms with van der Waals surface area (Å²) in [7, 11) is 1.62. The largest absolute Gasteiger partial charge is 0.491 e. The van der Waals surface area contributed by atoms with Gasteiger partial charge in [-0.2, -0.15) is 0 Å². The van der Waals surface area contributed by atoms with Crippen LogP contribution in [-0.2, 0) is 14.2 Å². The van der Waals surface area contributed by atoms with Crippen molar-refractivity contribution >= 4 is 5.97 Å². The van der Waals surface area contributed by atoms with E-state index in [1.165, 1.54) is 0 Å². The topological polar surface area (TPSA) is 54.0 Å². The number of benzene rings is 1.